The molecule has 0 amide bonds. The lowest BCUT2D eigenvalue weighted by Gasteiger charge is -2.16. The van der Waals surface area contributed by atoms with E-state index in [0.717, 1.165) is 6.29 Å². The molecular formula is C12H13FO3S. The van der Waals surface area contributed by atoms with E-state index in [9.17, 15) is 17.6 Å². The summed E-state index contributed by atoms with van der Waals surface area (Å²) in [5, 5.41) is 0. The lowest BCUT2D eigenvalue weighted by Crippen LogP contribution is -2.16. The van der Waals surface area contributed by atoms with E-state index in [4.69, 9.17) is 0 Å². The summed E-state index contributed by atoms with van der Waals surface area (Å²) in [5.41, 5.74) is 0.684. The van der Waals surface area contributed by atoms with Crippen molar-refractivity contribution in [2.24, 2.45) is 5.92 Å². The number of benzene rings is 1. The zero-order valence-electron chi connectivity index (χ0n) is 9.17. The smallest absolute Gasteiger partial charge is 0.150 e. The standard InChI is InChI=1S/C12H13FO3S/c13-11-3-1-9(2-4-11)12(7-14)10-5-6-17(15,16)8-10/h1-4,7,10,12H,5-6,8H2. The molecule has 5 heteroatoms. The summed E-state index contributed by atoms with van der Waals surface area (Å²) in [4.78, 5) is 11.1. The monoisotopic (exact) mass is 256 g/mol. The van der Waals surface area contributed by atoms with Crippen molar-refractivity contribution in [1.29, 1.82) is 0 Å². The van der Waals surface area contributed by atoms with Crippen LogP contribution >= 0.6 is 0 Å². The number of hydrogen-bond donors (Lipinski definition) is 0. The second-order valence-electron chi connectivity index (χ2n) is 4.38. The molecule has 2 rings (SSSR count). The van der Waals surface area contributed by atoms with Crippen LogP contribution in [0.4, 0.5) is 4.39 Å². The number of rotatable bonds is 3. The Balaban J connectivity index is 2.23. The van der Waals surface area contributed by atoms with Crippen LogP contribution in [0.3, 0.4) is 0 Å². The second-order valence-corrected chi connectivity index (χ2v) is 6.61. The quantitative estimate of drug-likeness (QED) is 0.771. The summed E-state index contributed by atoms with van der Waals surface area (Å²) in [5.74, 6) is -0.801. The lowest BCUT2D eigenvalue weighted by molar-refractivity contribution is -0.109. The van der Waals surface area contributed by atoms with Crippen LogP contribution in [0.1, 0.15) is 17.9 Å². The highest BCUT2D eigenvalue weighted by molar-refractivity contribution is 7.91. The Hall–Kier alpha value is -1.23. The fraction of sp³-hybridized carbons (Fsp3) is 0.417. The highest BCUT2D eigenvalue weighted by Crippen LogP contribution is 2.31. The van der Waals surface area contributed by atoms with Crippen molar-refractivity contribution in [2.45, 2.75) is 12.3 Å². The number of sulfone groups is 1. The average Bonchev–Trinajstić information content (AvgIpc) is 2.63. The molecular weight excluding hydrogens is 243 g/mol. The van der Waals surface area contributed by atoms with Crippen molar-refractivity contribution >= 4 is 16.1 Å². The highest BCUT2D eigenvalue weighted by atomic mass is 32.2. The fourth-order valence-corrected chi connectivity index (χ4v) is 4.11. The van der Waals surface area contributed by atoms with Crippen molar-refractivity contribution in [3.8, 4) is 0 Å². The number of carbonyl (C=O) groups excluding carboxylic acids is 1. The van der Waals surface area contributed by atoms with E-state index >= 15 is 0 Å². The third-order valence-corrected chi connectivity index (χ3v) is 4.97. The van der Waals surface area contributed by atoms with E-state index in [-0.39, 0.29) is 23.2 Å². The maximum absolute atomic E-state index is 12.8. The molecule has 2 atom stereocenters. The molecule has 0 N–H and O–H groups in total. The predicted octanol–water partition coefficient (Wildman–Crippen LogP) is 1.54. The molecule has 0 spiro atoms. The van der Waals surface area contributed by atoms with E-state index in [1.54, 1.807) is 12.1 Å². The molecule has 1 aromatic carbocycles. The maximum atomic E-state index is 12.8. The number of carbonyl (C=O) groups is 1. The summed E-state index contributed by atoms with van der Waals surface area (Å²) in [7, 11) is -3.00. The van der Waals surface area contributed by atoms with Crippen LogP contribution in [0, 0.1) is 11.7 Å². The molecule has 0 saturated carbocycles. The third kappa shape index (κ3) is 2.72. The van der Waals surface area contributed by atoms with Crippen molar-refractivity contribution in [1.82, 2.24) is 0 Å². The Kier molecular flexibility index (Phi) is 3.28. The first kappa shape index (κ1) is 12.2. The largest absolute Gasteiger partial charge is 0.303 e. The average molecular weight is 256 g/mol. The first-order valence-electron chi connectivity index (χ1n) is 5.43. The molecule has 1 saturated heterocycles. The van der Waals surface area contributed by atoms with Gasteiger partial charge in [-0.15, -0.1) is 0 Å². The van der Waals surface area contributed by atoms with Crippen LogP contribution in [0.25, 0.3) is 0 Å². The molecule has 1 fully saturated rings. The van der Waals surface area contributed by atoms with Crippen LogP contribution < -0.4 is 0 Å². The molecule has 17 heavy (non-hydrogen) atoms. The van der Waals surface area contributed by atoms with Crippen LogP contribution in [0.2, 0.25) is 0 Å². The first-order chi connectivity index (χ1) is 8.02. The Labute approximate surface area is 99.6 Å². The van der Waals surface area contributed by atoms with Crippen LogP contribution in [0.5, 0.6) is 0 Å². The van der Waals surface area contributed by atoms with Gasteiger partial charge in [0, 0.05) is 5.92 Å². The first-order valence-corrected chi connectivity index (χ1v) is 7.25. The van der Waals surface area contributed by atoms with E-state index in [2.05, 4.69) is 0 Å². The van der Waals surface area contributed by atoms with Crippen LogP contribution in [-0.4, -0.2) is 26.2 Å². The molecule has 92 valence electrons. The van der Waals surface area contributed by atoms with Gasteiger partial charge in [0.15, 0.2) is 9.84 Å². The molecule has 2 unspecified atom stereocenters. The Morgan fingerprint density at radius 2 is 1.94 bits per heavy atom. The number of hydrogen-bond acceptors (Lipinski definition) is 3. The van der Waals surface area contributed by atoms with Gasteiger partial charge >= 0.3 is 0 Å². The normalized spacial score (nSPS) is 24.4. The van der Waals surface area contributed by atoms with E-state index in [1.807, 2.05) is 0 Å². The van der Waals surface area contributed by atoms with Gasteiger partial charge in [-0.2, -0.15) is 0 Å². The minimum Gasteiger partial charge on any atom is -0.303 e. The molecule has 0 bridgehead atoms. The minimum atomic E-state index is -3.00. The van der Waals surface area contributed by atoms with Gasteiger partial charge < -0.3 is 4.79 Å². The van der Waals surface area contributed by atoms with Gasteiger partial charge in [0.2, 0.25) is 0 Å². The fourth-order valence-electron chi connectivity index (χ4n) is 2.25. The van der Waals surface area contributed by atoms with E-state index in [0.29, 0.717) is 12.0 Å². The van der Waals surface area contributed by atoms with Crippen molar-refractivity contribution in [3.05, 3.63) is 35.6 Å². The molecule has 3 nitrogen and oxygen atoms in total. The number of halogens is 1. The molecule has 1 aliphatic heterocycles. The van der Waals surface area contributed by atoms with Gasteiger partial charge in [-0.3, -0.25) is 0 Å². The van der Waals surface area contributed by atoms with Crippen molar-refractivity contribution in [2.75, 3.05) is 11.5 Å². The van der Waals surface area contributed by atoms with Gasteiger partial charge in [-0.05, 0) is 30.0 Å². The molecule has 1 aliphatic rings. The Morgan fingerprint density at radius 1 is 1.29 bits per heavy atom. The zero-order valence-corrected chi connectivity index (χ0v) is 9.99. The SMILES string of the molecule is O=CC(c1ccc(F)cc1)C1CCS(=O)(=O)C1. The maximum Gasteiger partial charge on any atom is 0.150 e. The van der Waals surface area contributed by atoms with Gasteiger partial charge in [-0.1, -0.05) is 12.1 Å². The summed E-state index contributed by atoms with van der Waals surface area (Å²) in [6.07, 6.45) is 1.27. The van der Waals surface area contributed by atoms with Crippen molar-refractivity contribution < 1.29 is 17.6 Å². The molecule has 0 radical (unpaired) electrons. The van der Waals surface area contributed by atoms with Crippen LogP contribution in [-0.2, 0) is 14.6 Å². The predicted molar refractivity (Wildman–Crippen MR) is 62.0 cm³/mol. The summed E-state index contributed by atoms with van der Waals surface area (Å²) in [6, 6.07) is 5.66. The molecule has 1 heterocycles. The highest BCUT2D eigenvalue weighted by Gasteiger charge is 2.34. The summed E-state index contributed by atoms with van der Waals surface area (Å²) < 4.78 is 35.5. The second kappa shape index (κ2) is 4.56. The Morgan fingerprint density at radius 3 is 2.41 bits per heavy atom. The molecule has 1 aromatic rings. The summed E-state index contributed by atoms with van der Waals surface area (Å²) >= 11 is 0. The molecule has 0 aliphatic carbocycles. The van der Waals surface area contributed by atoms with Gasteiger partial charge in [0.1, 0.15) is 12.1 Å². The molecule has 0 aromatic heterocycles. The Bertz CT molecular complexity index is 507. The van der Waals surface area contributed by atoms with E-state index < -0.39 is 15.8 Å². The van der Waals surface area contributed by atoms with Crippen LogP contribution in [0.15, 0.2) is 24.3 Å². The summed E-state index contributed by atoms with van der Waals surface area (Å²) in [6.45, 7) is 0. The van der Waals surface area contributed by atoms with Crippen molar-refractivity contribution in [3.63, 3.8) is 0 Å². The zero-order chi connectivity index (χ0) is 12.5. The van der Waals surface area contributed by atoms with E-state index in [1.165, 1.54) is 12.1 Å². The minimum absolute atomic E-state index is 0.0494. The third-order valence-electron chi connectivity index (χ3n) is 3.18. The van der Waals surface area contributed by atoms with Gasteiger partial charge in [0.25, 0.3) is 0 Å². The number of aldehydes is 1. The topological polar surface area (TPSA) is 51.2 Å². The van der Waals surface area contributed by atoms with Gasteiger partial charge in [0.05, 0.1) is 11.5 Å². The lowest BCUT2D eigenvalue weighted by atomic mass is 9.87. The van der Waals surface area contributed by atoms with Gasteiger partial charge in [-0.25, -0.2) is 12.8 Å².